The minimum Gasteiger partial charge on any atom is -0.495 e. The van der Waals surface area contributed by atoms with Gasteiger partial charge in [-0.1, -0.05) is 11.6 Å². The minimum atomic E-state index is -3.78. The minimum absolute atomic E-state index is 0.156. The molecule has 11 heteroatoms. The maximum Gasteiger partial charge on any atom is 0.254 e. The van der Waals surface area contributed by atoms with Crippen LogP contribution in [-0.4, -0.2) is 71.3 Å². The van der Waals surface area contributed by atoms with Crippen molar-refractivity contribution in [1.82, 2.24) is 4.90 Å². The second-order valence-corrected chi connectivity index (χ2v) is 9.46. The molecule has 32 heavy (non-hydrogen) atoms. The van der Waals surface area contributed by atoms with Crippen LogP contribution in [0.2, 0.25) is 5.02 Å². The van der Waals surface area contributed by atoms with Crippen molar-refractivity contribution < 1.29 is 27.5 Å². The Bertz CT molecular complexity index is 1090. The molecular formula is C21H24ClN3O6S. The molecule has 0 bridgehead atoms. The fourth-order valence-electron chi connectivity index (χ4n) is 3.22. The molecule has 0 aliphatic carbocycles. The van der Waals surface area contributed by atoms with Crippen molar-refractivity contribution in [2.24, 2.45) is 0 Å². The lowest BCUT2D eigenvalue weighted by Crippen LogP contribution is -2.40. The Morgan fingerprint density at radius 3 is 2.41 bits per heavy atom. The van der Waals surface area contributed by atoms with Crippen molar-refractivity contribution in [3.05, 3.63) is 53.1 Å². The molecule has 2 aromatic carbocycles. The first-order valence-electron chi connectivity index (χ1n) is 9.77. The smallest absolute Gasteiger partial charge is 0.254 e. The van der Waals surface area contributed by atoms with Crippen LogP contribution in [0.5, 0.6) is 5.75 Å². The lowest BCUT2D eigenvalue weighted by atomic mass is 10.1. The fraction of sp³-hybridized carbons (Fsp3) is 0.333. The highest BCUT2D eigenvalue weighted by Gasteiger charge is 2.23. The van der Waals surface area contributed by atoms with Crippen LogP contribution in [0.25, 0.3) is 0 Å². The number of nitrogens with one attached hydrogen (secondary N) is 1. The highest BCUT2D eigenvalue weighted by Crippen LogP contribution is 2.28. The van der Waals surface area contributed by atoms with E-state index in [-0.39, 0.29) is 11.6 Å². The first-order valence-corrected chi connectivity index (χ1v) is 12.0. The Balaban J connectivity index is 1.76. The summed E-state index contributed by atoms with van der Waals surface area (Å²) in [6.07, 6.45) is 1.01. The molecule has 0 atom stereocenters. The standard InChI is InChI=1S/C21H24ClN3O6S/c1-30-19-8-5-16(22)13-18(19)23-20(26)14-25(32(2,28)29)17-6-3-15(4-7-17)21(27)24-9-11-31-12-10-24/h3-8,13H,9-12,14H2,1-2H3,(H,23,26). The molecule has 1 aliphatic heterocycles. The van der Waals surface area contributed by atoms with Crippen LogP contribution in [-0.2, 0) is 19.6 Å². The van der Waals surface area contributed by atoms with Gasteiger partial charge in [0.25, 0.3) is 5.91 Å². The largest absolute Gasteiger partial charge is 0.495 e. The molecule has 9 nitrogen and oxygen atoms in total. The first kappa shape index (κ1) is 23.8. The molecule has 2 amide bonds. The van der Waals surface area contributed by atoms with Crippen LogP contribution in [0.1, 0.15) is 10.4 Å². The van der Waals surface area contributed by atoms with Crippen molar-refractivity contribution in [3.63, 3.8) is 0 Å². The molecule has 1 saturated heterocycles. The Hall–Kier alpha value is -2.82. The van der Waals surface area contributed by atoms with Gasteiger partial charge in [-0.2, -0.15) is 0 Å². The van der Waals surface area contributed by atoms with E-state index >= 15 is 0 Å². The van der Waals surface area contributed by atoms with Crippen molar-refractivity contribution in [2.75, 3.05) is 55.8 Å². The summed E-state index contributed by atoms with van der Waals surface area (Å²) in [5, 5.41) is 3.01. The second-order valence-electron chi connectivity index (χ2n) is 7.11. The highest BCUT2D eigenvalue weighted by molar-refractivity contribution is 7.92. The van der Waals surface area contributed by atoms with Crippen LogP contribution in [0.4, 0.5) is 11.4 Å². The van der Waals surface area contributed by atoms with Crippen LogP contribution >= 0.6 is 11.6 Å². The molecule has 3 rings (SSSR count). The molecule has 1 fully saturated rings. The van der Waals surface area contributed by atoms with Crippen LogP contribution in [0, 0.1) is 0 Å². The van der Waals surface area contributed by atoms with E-state index in [1.807, 2.05) is 0 Å². The average molecular weight is 482 g/mol. The van der Waals surface area contributed by atoms with Gasteiger partial charge in [0.15, 0.2) is 0 Å². The molecule has 0 spiro atoms. The number of anilines is 2. The Morgan fingerprint density at radius 1 is 1.16 bits per heavy atom. The first-order chi connectivity index (χ1) is 15.2. The van der Waals surface area contributed by atoms with E-state index in [1.54, 1.807) is 29.2 Å². The molecule has 1 N–H and O–H groups in total. The van der Waals surface area contributed by atoms with Gasteiger partial charge in [-0.15, -0.1) is 0 Å². The number of hydrogen-bond acceptors (Lipinski definition) is 6. The number of amides is 2. The van der Waals surface area contributed by atoms with Gasteiger partial charge in [-0.25, -0.2) is 8.42 Å². The van der Waals surface area contributed by atoms with E-state index in [0.29, 0.717) is 48.3 Å². The number of rotatable bonds is 7. The van der Waals surface area contributed by atoms with Gasteiger partial charge in [0.1, 0.15) is 12.3 Å². The summed E-state index contributed by atoms with van der Waals surface area (Å²) < 4.78 is 36.2. The lowest BCUT2D eigenvalue weighted by Gasteiger charge is -2.27. The fourth-order valence-corrected chi connectivity index (χ4v) is 4.25. The number of benzene rings is 2. The number of carbonyl (C=O) groups is 2. The van der Waals surface area contributed by atoms with E-state index in [4.69, 9.17) is 21.1 Å². The zero-order chi connectivity index (χ0) is 23.3. The molecule has 1 heterocycles. The Labute approximate surface area is 191 Å². The Kier molecular flexibility index (Phi) is 7.60. The number of carbonyl (C=O) groups excluding carboxylic acids is 2. The predicted octanol–water partition coefficient (Wildman–Crippen LogP) is 2.23. The van der Waals surface area contributed by atoms with Gasteiger partial charge in [0, 0.05) is 23.7 Å². The number of morpholine rings is 1. The number of ether oxygens (including phenoxy) is 2. The zero-order valence-electron chi connectivity index (χ0n) is 17.7. The number of nitrogens with zero attached hydrogens (tertiary/aromatic N) is 2. The molecule has 2 aromatic rings. The third kappa shape index (κ3) is 5.90. The van der Waals surface area contributed by atoms with Gasteiger partial charge in [-0.3, -0.25) is 13.9 Å². The summed E-state index contributed by atoms with van der Waals surface area (Å²) in [6.45, 7) is 1.51. The van der Waals surface area contributed by atoms with Gasteiger partial charge in [-0.05, 0) is 42.5 Å². The van der Waals surface area contributed by atoms with Gasteiger partial charge < -0.3 is 19.7 Å². The highest BCUT2D eigenvalue weighted by atomic mass is 35.5. The van der Waals surface area contributed by atoms with Crippen molar-refractivity contribution in [1.29, 1.82) is 0 Å². The van der Waals surface area contributed by atoms with E-state index in [1.165, 1.54) is 25.3 Å². The van der Waals surface area contributed by atoms with E-state index in [9.17, 15) is 18.0 Å². The van der Waals surface area contributed by atoms with Crippen LogP contribution < -0.4 is 14.4 Å². The third-order valence-electron chi connectivity index (χ3n) is 4.82. The van der Waals surface area contributed by atoms with Crippen molar-refractivity contribution in [2.45, 2.75) is 0 Å². The summed E-state index contributed by atoms with van der Waals surface area (Å²) in [4.78, 5) is 26.9. The third-order valence-corrected chi connectivity index (χ3v) is 6.20. The molecule has 0 unspecified atom stereocenters. The summed E-state index contributed by atoms with van der Waals surface area (Å²) in [5.41, 5.74) is 1.02. The molecule has 1 aliphatic rings. The summed E-state index contributed by atoms with van der Waals surface area (Å²) in [6, 6.07) is 10.8. The summed E-state index contributed by atoms with van der Waals surface area (Å²) in [7, 11) is -2.33. The van der Waals surface area contributed by atoms with Crippen LogP contribution in [0.15, 0.2) is 42.5 Å². The number of sulfonamides is 1. The second kappa shape index (κ2) is 10.2. The van der Waals surface area contributed by atoms with Crippen LogP contribution in [0.3, 0.4) is 0 Å². The van der Waals surface area contributed by atoms with E-state index in [0.717, 1.165) is 10.6 Å². The van der Waals surface area contributed by atoms with Gasteiger partial charge >= 0.3 is 0 Å². The zero-order valence-corrected chi connectivity index (χ0v) is 19.3. The quantitative estimate of drug-likeness (QED) is 0.650. The topological polar surface area (TPSA) is 105 Å². The SMILES string of the molecule is COc1ccc(Cl)cc1NC(=O)CN(c1ccc(C(=O)N2CCOCC2)cc1)S(C)(=O)=O. The summed E-state index contributed by atoms with van der Waals surface area (Å²) >= 11 is 5.98. The number of methoxy groups -OCH3 is 1. The van der Waals surface area contributed by atoms with E-state index < -0.39 is 22.5 Å². The molecular weight excluding hydrogens is 458 g/mol. The maximum atomic E-state index is 12.6. The van der Waals surface area contributed by atoms with Gasteiger partial charge in [0.05, 0.1) is 38.0 Å². The van der Waals surface area contributed by atoms with Crippen molar-refractivity contribution >= 4 is 44.8 Å². The number of halogens is 1. The monoisotopic (exact) mass is 481 g/mol. The van der Waals surface area contributed by atoms with Gasteiger partial charge in [0.2, 0.25) is 15.9 Å². The average Bonchev–Trinajstić information content (AvgIpc) is 2.77. The Morgan fingerprint density at radius 2 is 1.81 bits per heavy atom. The van der Waals surface area contributed by atoms with Crippen molar-refractivity contribution in [3.8, 4) is 5.75 Å². The maximum absolute atomic E-state index is 12.6. The molecule has 0 saturated carbocycles. The lowest BCUT2D eigenvalue weighted by molar-refractivity contribution is -0.114. The summed E-state index contributed by atoms with van der Waals surface area (Å²) in [5.74, 6) is -0.347. The molecule has 0 radical (unpaired) electrons. The predicted molar refractivity (Wildman–Crippen MR) is 122 cm³/mol. The molecule has 172 valence electrons. The van der Waals surface area contributed by atoms with E-state index in [2.05, 4.69) is 5.32 Å². The number of hydrogen-bond donors (Lipinski definition) is 1. The normalized spacial score (nSPS) is 14.0. The molecule has 0 aromatic heterocycles.